The minimum absolute atomic E-state index is 0.0350. The Morgan fingerprint density at radius 1 is 1.10 bits per heavy atom. The molecule has 2 N–H and O–H groups in total. The smallest absolute Gasteiger partial charge is 0.124 e. The lowest BCUT2D eigenvalue weighted by Crippen LogP contribution is -2.18. The van der Waals surface area contributed by atoms with Crippen LogP contribution in [0.5, 0.6) is 5.75 Å². The van der Waals surface area contributed by atoms with Gasteiger partial charge in [0.25, 0.3) is 0 Å². The molecule has 2 rings (SSSR count). The topological polar surface area (TPSA) is 35.2 Å². The summed E-state index contributed by atoms with van der Waals surface area (Å²) in [4.78, 5) is 0. The van der Waals surface area contributed by atoms with Gasteiger partial charge >= 0.3 is 0 Å². The molecule has 106 valence electrons. The normalized spacial score (nSPS) is 12.2. The van der Waals surface area contributed by atoms with Crippen LogP contribution in [-0.4, -0.2) is 6.04 Å². The van der Waals surface area contributed by atoms with Gasteiger partial charge in [-0.3, -0.25) is 0 Å². The van der Waals surface area contributed by atoms with Crippen molar-refractivity contribution in [2.45, 2.75) is 26.0 Å². The Bertz CT molecular complexity index is 567. The molecule has 0 fully saturated rings. The molecule has 0 spiro atoms. The van der Waals surface area contributed by atoms with Crippen LogP contribution in [0, 0.1) is 0 Å². The Morgan fingerprint density at radius 2 is 1.80 bits per heavy atom. The average Bonchev–Trinajstić information content (AvgIpc) is 2.41. The Kier molecular flexibility index (Phi) is 5.30. The predicted molar refractivity (Wildman–Crippen MR) is 84.6 cm³/mol. The molecular weight excluding hydrogens is 293 g/mol. The SMILES string of the molecule is CC(N)Cc1c(Cl)cccc1OCc1ccc(Cl)cc1. The summed E-state index contributed by atoms with van der Waals surface area (Å²) in [7, 11) is 0. The van der Waals surface area contributed by atoms with Crippen molar-refractivity contribution in [3.05, 3.63) is 63.6 Å². The molecule has 0 radical (unpaired) electrons. The largest absolute Gasteiger partial charge is 0.489 e. The van der Waals surface area contributed by atoms with E-state index >= 15 is 0 Å². The van der Waals surface area contributed by atoms with E-state index in [1.165, 1.54) is 0 Å². The number of nitrogens with two attached hydrogens (primary N) is 1. The molecule has 2 nitrogen and oxygen atoms in total. The molecule has 4 heteroatoms. The van der Waals surface area contributed by atoms with E-state index in [4.69, 9.17) is 33.7 Å². The van der Waals surface area contributed by atoms with E-state index in [2.05, 4.69) is 0 Å². The number of rotatable bonds is 5. The maximum Gasteiger partial charge on any atom is 0.124 e. The summed E-state index contributed by atoms with van der Waals surface area (Å²) >= 11 is 12.1. The molecule has 0 saturated heterocycles. The lowest BCUT2D eigenvalue weighted by molar-refractivity contribution is 0.302. The first kappa shape index (κ1) is 15.2. The number of halogens is 2. The Morgan fingerprint density at radius 3 is 2.45 bits per heavy atom. The van der Waals surface area contributed by atoms with Gasteiger partial charge in [-0.2, -0.15) is 0 Å². The molecule has 0 saturated carbocycles. The van der Waals surface area contributed by atoms with Crippen LogP contribution in [0.15, 0.2) is 42.5 Å². The number of benzene rings is 2. The highest BCUT2D eigenvalue weighted by atomic mass is 35.5. The van der Waals surface area contributed by atoms with Crippen molar-refractivity contribution in [3.8, 4) is 5.75 Å². The third kappa shape index (κ3) is 4.14. The van der Waals surface area contributed by atoms with Crippen molar-refractivity contribution in [2.75, 3.05) is 0 Å². The number of ether oxygens (including phenoxy) is 1. The van der Waals surface area contributed by atoms with Gasteiger partial charge in [0.05, 0.1) is 0 Å². The van der Waals surface area contributed by atoms with Crippen LogP contribution in [0.3, 0.4) is 0 Å². The highest BCUT2D eigenvalue weighted by Gasteiger charge is 2.10. The molecule has 1 unspecified atom stereocenters. The zero-order valence-electron chi connectivity index (χ0n) is 11.3. The minimum Gasteiger partial charge on any atom is -0.489 e. The van der Waals surface area contributed by atoms with Gasteiger partial charge in [0, 0.05) is 21.7 Å². The van der Waals surface area contributed by atoms with Gasteiger partial charge in [-0.15, -0.1) is 0 Å². The van der Waals surface area contributed by atoms with Crippen LogP contribution in [-0.2, 0) is 13.0 Å². The third-order valence-corrected chi connectivity index (χ3v) is 3.52. The zero-order chi connectivity index (χ0) is 14.5. The number of hydrogen-bond acceptors (Lipinski definition) is 2. The first-order valence-electron chi connectivity index (χ1n) is 6.46. The monoisotopic (exact) mass is 309 g/mol. The molecular formula is C16H17Cl2NO. The summed E-state index contributed by atoms with van der Waals surface area (Å²) < 4.78 is 5.86. The fraction of sp³-hybridized carbons (Fsp3) is 0.250. The molecule has 20 heavy (non-hydrogen) atoms. The predicted octanol–water partition coefficient (Wildman–Crippen LogP) is 4.46. The molecule has 2 aromatic rings. The molecule has 0 bridgehead atoms. The second kappa shape index (κ2) is 6.98. The van der Waals surface area contributed by atoms with Crippen LogP contribution in [0.25, 0.3) is 0 Å². The standard InChI is InChI=1S/C16H17Cl2NO/c1-11(19)9-14-15(18)3-2-4-16(14)20-10-12-5-7-13(17)8-6-12/h2-8,11H,9-10,19H2,1H3. The van der Waals surface area contributed by atoms with E-state index in [0.717, 1.165) is 16.9 Å². The van der Waals surface area contributed by atoms with Gasteiger partial charge in [0.1, 0.15) is 12.4 Å². The zero-order valence-corrected chi connectivity index (χ0v) is 12.8. The van der Waals surface area contributed by atoms with Gasteiger partial charge in [-0.1, -0.05) is 41.4 Å². The van der Waals surface area contributed by atoms with Crippen LogP contribution in [0.1, 0.15) is 18.1 Å². The Hall–Kier alpha value is -1.22. The maximum atomic E-state index is 6.22. The van der Waals surface area contributed by atoms with Crippen molar-refractivity contribution in [2.24, 2.45) is 5.73 Å². The fourth-order valence-corrected chi connectivity index (χ4v) is 2.30. The Labute approximate surface area is 129 Å². The fourth-order valence-electron chi connectivity index (χ4n) is 1.94. The Balaban J connectivity index is 2.12. The lowest BCUT2D eigenvalue weighted by atomic mass is 10.1. The van der Waals surface area contributed by atoms with E-state index in [1.54, 1.807) is 0 Å². The second-order valence-electron chi connectivity index (χ2n) is 4.81. The van der Waals surface area contributed by atoms with Crippen molar-refractivity contribution < 1.29 is 4.74 Å². The molecule has 0 heterocycles. The van der Waals surface area contributed by atoms with Crippen LogP contribution in [0.2, 0.25) is 10.0 Å². The van der Waals surface area contributed by atoms with Crippen molar-refractivity contribution in [1.82, 2.24) is 0 Å². The van der Waals surface area contributed by atoms with E-state index in [9.17, 15) is 0 Å². The molecule has 2 aromatic carbocycles. The first-order valence-corrected chi connectivity index (χ1v) is 7.22. The summed E-state index contributed by atoms with van der Waals surface area (Å²) in [5, 5.41) is 1.41. The first-order chi connectivity index (χ1) is 9.56. The van der Waals surface area contributed by atoms with Gasteiger partial charge in [-0.25, -0.2) is 0 Å². The highest BCUT2D eigenvalue weighted by Crippen LogP contribution is 2.28. The number of hydrogen-bond donors (Lipinski definition) is 1. The molecule has 1 atom stereocenters. The maximum absolute atomic E-state index is 6.22. The van der Waals surface area contributed by atoms with Crippen molar-refractivity contribution in [3.63, 3.8) is 0 Å². The molecule has 0 amide bonds. The summed E-state index contributed by atoms with van der Waals surface area (Å²) in [6.07, 6.45) is 0.690. The van der Waals surface area contributed by atoms with E-state index in [1.807, 2.05) is 49.4 Å². The van der Waals surface area contributed by atoms with Gasteiger partial charge in [0.15, 0.2) is 0 Å². The van der Waals surface area contributed by atoms with Gasteiger partial charge in [-0.05, 0) is 43.2 Å². The van der Waals surface area contributed by atoms with Crippen LogP contribution >= 0.6 is 23.2 Å². The van der Waals surface area contributed by atoms with Crippen LogP contribution in [0.4, 0.5) is 0 Å². The molecule has 0 aliphatic carbocycles. The summed E-state index contributed by atoms with van der Waals surface area (Å²) in [6, 6.07) is 13.3. The van der Waals surface area contributed by atoms with Crippen molar-refractivity contribution >= 4 is 23.2 Å². The molecule has 0 aliphatic rings. The lowest BCUT2D eigenvalue weighted by Gasteiger charge is -2.14. The highest BCUT2D eigenvalue weighted by molar-refractivity contribution is 6.31. The molecule has 0 aromatic heterocycles. The minimum atomic E-state index is 0.0350. The van der Waals surface area contributed by atoms with E-state index in [0.29, 0.717) is 23.1 Å². The summed E-state index contributed by atoms with van der Waals surface area (Å²) in [5.41, 5.74) is 7.87. The summed E-state index contributed by atoms with van der Waals surface area (Å²) in [5.74, 6) is 0.782. The quantitative estimate of drug-likeness (QED) is 0.885. The molecule has 0 aliphatic heterocycles. The van der Waals surface area contributed by atoms with E-state index < -0.39 is 0 Å². The summed E-state index contributed by atoms with van der Waals surface area (Å²) in [6.45, 7) is 2.43. The van der Waals surface area contributed by atoms with Gasteiger partial charge in [0.2, 0.25) is 0 Å². The second-order valence-corrected chi connectivity index (χ2v) is 5.66. The van der Waals surface area contributed by atoms with Crippen molar-refractivity contribution in [1.29, 1.82) is 0 Å². The van der Waals surface area contributed by atoms with Crippen LogP contribution < -0.4 is 10.5 Å². The van der Waals surface area contributed by atoms with E-state index in [-0.39, 0.29) is 6.04 Å². The third-order valence-electron chi connectivity index (χ3n) is 2.91. The van der Waals surface area contributed by atoms with Gasteiger partial charge < -0.3 is 10.5 Å². The average molecular weight is 310 g/mol.